The van der Waals surface area contributed by atoms with Crippen LogP contribution in [0.3, 0.4) is 0 Å². The van der Waals surface area contributed by atoms with Crippen LogP contribution in [-0.4, -0.2) is 12.8 Å². The molecule has 44 valence electrons. The van der Waals surface area contributed by atoms with E-state index in [1.807, 2.05) is 6.92 Å². The largest absolute Gasteiger partial charge is 0.358 e. The van der Waals surface area contributed by atoms with Gasteiger partial charge in [0, 0.05) is 0 Å². The average Bonchev–Trinajstić information content (AvgIpc) is 1.30. The molecule has 0 aromatic carbocycles. The first kappa shape index (κ1) is 7.23. The number of hydrogen-bond donors (Lipinski definition) is 0. The van der Waals surface area contributed by atoms with Gasteiger partial charge >= 0.3 is 0 Å². The highest BCUT2D eigenvalue weighted by Crippen LogP contribution is 2.38. The summed E-state index contributed by atoms with van der Waals surface area (Å²) in [7, 11) is -1.92. The van der Waals surface area contributed by atoms with Crippen molar-refractivity contribution in [2.45, 2.75) is 13.3 Å². The molecular weight excluding hydrogens is 107 g/mol. The van der Waals surface area contributed by atoms with Crippen LogP contribution in [0, 0.1) is 6.66 Å². The van der Waals surface area contributed by atoms with E-state index in [2.05, 4.69) is 6.66 Å². The van der Waals surface area contributed by atoms with Crippen molar-refractivity contribution in [1.29, 1.82) is 0 Å². The summed E-state index contributed by atoms with van der Waals surface area (Å²) in [6.45, 7) is 7.25. The van der Waals surface area contributed by atoms with Crippen LogP contribution in [0.25, 0.3) is 0 Å². The van der Waals surface area contributed by atoms with Crippen molar-refractivity contribution in [2.75, 3.05) is 12.8 Å². The van der Waals surface area contributed by atoms with Gasteiger partial charge < -0.3 is 4.57 Å². The Labute approximate surface area is 45.5 Å². The van der Waals surface area contributed by atoms with E-state index in [-0.39, 0.29) is 0 Å². The van der Waals surface area contributed by atoms with Crippen LogP contribution in [0.2, 0.25) is 0 Å². The topological polar surface area (TPSA) is 17.1 Å². The van der Waals surface area contributed by atoms with E-state index < -0.39 is 7.14 Å². The molecule has 0 heterocycles. The number of hydrogen-bond acceptors (Lipinski definition) is 1. The highest BCUT2D eigenvalue weighted by molar-refractivity contribution is 7.64. The standard InChI is InChI=1S/C5H12OP/c1-4-5-7(2,3)6/h2,4-5H2,1,3H3/q-1. The summed E-state index contributed by atoms with van der Waals surface area (Å²) in [5.74, 6) is 0. The Hall–Kier alpha value is 0.230. The van der Waals surface area contributed by atoms with Crippen LogP contribution in [0.4, 0.5) is 0 Å². The zero-order valence-electron chi connectivity index (χ0n) is 4.98. The Kier molecular flexibility index (Phi) is 2.60. The lowest BCUT2D eigenvalue weighted by Crippen LogP contribution is -1.78. The molecule has 0 saturated carbocycles. The smallest absolute Gasteiger partial charge is 0.0259 e. The van der Waals surface area contributed by atoms with E-state index in [4.69, 9.17) is 0 Å². The quantitative estimate of drug-likeness (QED) is 0.402. The van der Waals surface area contributed by atoms with E-state index in [0.29, 0.717) is 0 Å². The van der Waals surface area contributed by atoms with Crippen molar-refractivity contribution in [3.8, 4) is 0 Å². The minimum absolute atomic E-state index is 0.785. The molecule has 0 aliphatic rings. The molecule has 0 aromatic heterocycles. The van der Waals surface area contributed by atoms with Crippen molar-refractivity contribution in [1.82, 2.24) is 0 Å². The molecule has 1 atom stereocenters. The highest BCUT2D eigenvalue weighted by atomic mass is 31.2. The average molecular weight is 119 g/mol. The lowest BCUT2D eigenvalue weighted by molar-refractivity contribution is 0.583. The monoisotopic (exact) mass is 119 g/mol. The summed E-state index contributed by atoms with van der Waals surface area (Å²) in [6, 6.07) is 0. The number of rotatable bonds is 2. The van der Waals surface area contributed by atoms with Gasteiger partial charge in [0.1, 0.15) is 0 Å². The summed E-state index contributed by atoms with van der Waals surface area (Å²) in [5, 5.41) is 0. The molecule has 0 radical (unpaired) electrons. The molecule has 1 unspecified atom stereocenters. The van der Waals surface area contributed by atoms with Crippen molar-refractivity contribution in [3.63, 3.8) is 0 Å². The summed E-state index contributed by atoms with van der Waals surface area (Å²) in [4.78, 5) is 0. The molecule has 2 heteroatoms. The molecule has 0 aliphatic heterocycles. The van der Waals surface area contributed by atoms with Gasteiger partial charge in [0.15, 0.2) is 0 Å². The molecule has 0 fully saturated rings. The zero-order chi connectivity index (χ0) is 5.91. The second-order valence-corrected chi connectivity index (χ2v) is 5.06. The Morgan fingerprint density at radius 3 is 2.14 bits per heavy atom. The van der Waals surface area contributed by atoms with E-state index in [0.717, 1.165) is 12.6 Å². The van der Waals surface area contributed by atoms with Crippen molar-refractivity contribution >= 4 is 7.14 Å². The maximum absolute atomic E-state index is 10.7. The third kappa shape index (κ3) is 6.23. The van der Waals surface area contributed by atoms with Gasteiger partial charge in [-0.3, -0.25) is 6.66 Å². The van der Waals surface area contributed by atoms with E-state index in [1.54, 1.807) is 6.66 Å². The Bertz CT molecular complexity index is 82.1. The molecule has 0 amide bonds. The van der Waals surface area contributed by atoms with Crippen LogP contribution in [0.15, 0.2) is 0 Å². The van der Waals surface area contributed by atoms with Crippen molar-refractivity contribution in [3.05, 3.63) is 6.66 Å². The second kappa shape index (κ2) is 2.52. The molecule has 0 aliphatic carbocycles. The SMILES string of the molecule is [CH2-]P(C)(=O)CCC. The summed E-state index contributed by atoms with van der Waals surface area (Å²) < 4.78 is 10.7. The first-order valence-corrected chi connectivity index (χ1v) is 4.99. The van der Waals surface area contributed by atoms with Crippen molar-refractivity contribution < 1.29 is 4.57 Å². The van der Waals surface area contributed by atoms with Crippen LogP contribution in [0.5, 0.6) is 0 Å². The fourth-order valence-corrected chi connectivity index (χ4v) is 1.42. The third-order valence-corrected chi connectivity index (χ3v) is 2.09. The molecule has 0 rings (SSSR count). The molecule has 0 spiro atoms. The minimum Gasteiger partial charge on any atom is -0.358 e. The van der Waals surface area contributed by atoms with Crippen molar-refractivity contribution in [2.24, 2.45) is 0 Å². The summed E-state index contributed by atoms with van der Waals surface area (Å²) in [5.41, 5.74) is 0. The molecular formula is C5H12OP-. The van der Waals surface area contributed by atoms with Crippen LogP contribution < -0.4 is 0 Å². The molecule has 0 aromatic rings. The van der Waals surface area contributed by atoms with Crippen LogP contribution >= 0.6 is 7.14 Å². The van der Waals surface area contributed by atoms with E-state index >= 15 is 0 Å². The Morgan fingerprint density at radius 2 is 2.14 bits per heavy atom. The molecule has 0 N–H and O–H groups in total. The van der Waals surface area contributed by atoms with Gasteiger partial charge in [-0.2, -0.15) is 0 Å². The minimum atomic E-state index is -1.92. The summed E-state index contributed by atoms with van der Waals surface area (Å²) >= 11 is 0. The molecule has 1 nitrogen and oxygen atoms in total. The van der Waals surface area contributed by atoms with Gasteiger partial charge in [-0.25, -0.2) is 0 Å². The fraction of sp³-hybridized carbons (Fsp3) is 0.800. The van der Waals surface area contributed by atoms with Gasteiger partial charge in [-0.1, -0.05) is 13.3 Å². The van der Waals surface area contributed by atoms with Crippen LogP contribution in [0.1, 0.15) is 13.3 Å². The Balaban J connectivity index is 3.36. The predicted octanol–water partition coefficient (Wildman–Crippen LogP) is 2.18. The molecule has 0 saturated heterocycles. The maximum atomic E-state index is 10.7. The summed E-state index contributed by atoms with van der Waals surface area (Å²) in [6.07, 6.45) is 1.77. The van der Waals surface area contributed by atoms with Gasteiger partial charge in [-0.15, -0.1) is 0 Å². The van der Waals surface area contributed by atoms with Gasteiger partial charge in [0.25, 0.3) is 0 Å². The molecule has 0 bridgehead atoms. The van der Waals surface area contributed by atoms with E-state index in [9.17, 15) is 4.57 Å². The lowest BCUT2D eigenvalue weighted by atomic mass is 10.6. The second-order valence-electron chi connectivity index (χ2n) is 2.02. The normalized spacial score (nSPS) is 18.7. The fourth-order valence-electron chi connectivity index (χ4n) is 0.473. The highest BCUT2D eigenvalue weighted by Gasteiger charge is 1.93. The first-order chi connectivity index (χ1) is 3.06. The predicted molar refractivity (Wildman–Crippen MR) is 34.0 cm³/mol. The molecule has 7 heavy (non-hydrogen) atoms. The maximum Gasteiger partial charge on any atom is -0.0259 e. The van der Waals surface area contributed by atoms with Gasteiger partial charge in [0.05, 0.1) is 0 Å². The Morgan fingerprint density at radius 1 is 1.71 bits per heavy atom. The third-order valence-electron chi connectivity index (χ3n) is 0.697. The van der Waals surface area contributed by atoms with Crippen LogP contribution in [-0.2, 0) is 4.57 Å². The zero-order valence-corrected chi connectivity index (χ0v) is 5.87. The van der Waals surface area contributed by atoms with E-state index in [1.165, 1.54) is 0 Å². The first-order valence-electron chi connectivity index (χ1n) is 2.47. The lowest BCUT2D eigenvalue weighted by Gasteiger charge is -2.09. The van der Waals surface area contributed by atoms with Gasteiger partial charge in [0.2, 0.25) is 0 Å². The van der Waals surface area contributed by atoms with Gasteiger partial charge in [-0.05, 0) is 20.0 Å².